The molecule has 0 fully saturated rings. The smallest absolute Gasteiger partial charge is 0.191 e. The van der Waals surface area contributed by atoms with Crippen molar-refractivity contribution in [3.63, 3.8) is 0 Å². The predicted molar refractivity (Wildman–Crippen MR) is 112 cm³/mol. The van der Waals surface area contributed by atoms with Gasteiger partial charge >= 0.3 is 0 Å². The van der Waals surface area contributed by atoms with Gasteiger partial charge in [-0.25, -0.2) is 0 Å². The molecule has 0 atom stereocenters. The van der Waals surface area contributed by atoms with E-state index in [9.17, 15) is 4.79 Å². The first-order valence-electron chi connectivity index (χ1n) is 9.06. The summed E-state index contributed by atoms with van der Waals surface area (Å²) < 4.78 is 17.8. The highest BCUT2D eigenvalue weighted by Crippen LogP contribution is 2.31. The average Bonchev–Trinajstić information content (AvgIpc) is 3.20. The van der Waals surface area contributed by atoms with Crippen molar-refractivity contribution in [2.45, 2.75) is 18.6 Å². The Morgan fingerprint density at radius 2 is 1.55 bits per heavy atom. The van der Waals surface area contributed by atoms with Gasteiger partial charge in [-0.05, 0) is 43.3 Å². The molecule has 0 saturated carbocycles. The number of aromatic nitrogens is 3. The van der Waals surface area contributed by atoms with Crippen LogP contribution in [-0.4, -0.2) is 47.6 Å². The number of ether oxygens (including phenoxy) is 3. The fourth-order valence-corrected chi connectivity index (χ4v) is 3.72. The monoisotopic (exact) mass is 413 g/mol. The van der Waals surface area contributed by atoms with Gasteiger partial charge in [0, 0.05) is 23.7 Å². The van der Waals surface area contributed by atoms with Crippen molar-refractivity contribution in [1.29, 1.82) is 0 Å². The lowest BCUT2D eigenvalue weighted by Gasteiger charge is -2.10. The first-order valence-corrected chi connectivity index (χ1v) is 10.0. The Labute approximate surface area is 174 Å². The van der Waals surface area contributed by atoms with Crippen LogP contribution in [0.3, 0.4) is 0 Å². The van der Waals surface area contributed by atoms with Crippen molar-refractivity contribution in [2.24, 2.45) is 0 Å². The number of ketones is 1. The number of carbonyl (C=O) groups excluding carboxylic acids is 1. The highest BCUT2D eigenvalue weighted by atomic mass is 32.2. The van der Waals surface area contributed by atoms with Crippen LogP contribution < -0.4 is 14.2 Å². The molecule has 1 aromatic heterocycles. The van der Waals surface area contributed by atoms with E-state index in [-0.39, 0.29) is 11.5 Å². The van der Waals surface area contributed by atoms with Crippen molar-refractivity contribution in [2.75, 3.05) is 27.1 Å². The molecule has 0 aliphatic rings. The van der Waals surface area contributed by atoms with Crippen molar-refractivity contribution in [3.05, 3.63) is 48.0 Å². The van der Waals surface area contributed by atoms with E-state index in [0.717, 1.165) is 11.3 Å². The van der Waals surface area contributed by atoms with Gasteiger partial charge < -0.3 is 18.8 Å². The Morgan fingerprint density at radius 3 is 2.10 bits per heavy atom. The fourth-order valence-electron chi connectivity index (χ4n) is 2.82. The molecule has 3 aromatic rings. The molecule has 0 bridgehead atoms. The van der Waals surface area contributed by atoms with E-state index in [2.05, 4.69) is 10.2 Å². The zero-order valence-electron chi connectivity index (χ0n) is 16.8. The van der Waals surface area contributed by atoms with Crippen molar-refractivity contribution >= 4 is 17.5 Å². The van der Waals surface area contributed by atoms with E-state index in [1.54, 1.807) is 51.7 Å². The van der Waals surface area contributed by atoms with Gasteiger partial charge in [0.1, 0.15) is 17.2 Å². The third-order valence-corrected chi connectivity index (χ3v) is 5.35. The molecule has 7 nitrogen and oxygen atoms in total. The Kier molecular flexibility index (Phi) is 6.77. The van der Waals surface area contributed by atoms with E-state index < -0.39 is 0 Å². The van der Waals surface area contributed by atoms with Gasteiger partial charge in [-0.3, -0.25) is 4.79 Å². The van der Waals surface area contributed by atoms with Crippen LogP contribution in [0.2, 0.25) is 0 Å². The second kappa shape index (κ2) is 9.47. The van der Waals surface area contributed by atoms with E-state index in [4.69, 9.17) is 14.2 Å². The first kappa shape index (κ1) is 20.7. The van der Waals surface area contributed by atoms with Crippen LogP contribution in [0.1, 0.15) is 17.3 Å². The lowest BCUT2D eigenvalue weighted by atomic mass is 10.1. The maximum absolute atomic E-state index is 12.5. The summed E-state index contributed by atoms with van der Waals surface area (Å²) in [6, 6.07) is 12.7. The summed E-state index contributed by atoms with van der Waals surface area (Å²) in [5.41, 5.74) is 1.47. The number of hydrogen-bond donors (Lipinski definition) is 0. The molecular weight excluding hydrogens is 390 g/mol. The molecule has 0 saturated heterocycles. The van der Waals surface area contributed by atoms with Gasteiger partial charge in [0.2, 0.25) is 0 Å². The topological polar surface area (TPSA) is 75.5 Å². The quantitative estimate of drug-likeness (QED) is 0.388. The van der Waals surface area contributed by atoms with Crippen molar-refractivity contribution in [1.82, 2.24) is 14.8 Å². The summed E-state index contributed by atoms with van der Waals surface area (Å²) >= 11 is 1.37. The Hall–Kier alpha value is -3.00. The maximum atomic E-state index is 12.5. The molecule has 29 heavy (non-hydrogen) atoms. The largest absolute Gasteiger partial charge is 0.497 e. The van der Waals surface area contributed by atoms with Crippen LogP contribution in [0.4, 0.5) is 0 Å². The highest BCUT2D eigenvalue weighted by Gasteiger charge is 2.17. The summed E-state index contributed by atoms with van der Waals surface area (Å²) in [4.78, 5) is 12.5. The van der Waals surface area contributed by atoms with Crippen LogP contribution in [0, 0.1) is 0 Å². The van der Waals surface area contributed by atoms with Gasteiger partial charge in [0.05, 0.1) is 27.1 Å². The van der Waals surface area contributed by atoms with Gasteiger partial charge in [0.25, 0.3) is 0 Å². The molecule has 0 amide bonds. The molecule has 0 unspecified atom stereocenters. The fraction of sp³-hybridized carbons (Fsp3) is 0.286. The molecule has 0 aliphatic carbocycles. The van der Waals surface area contributed by atoms with E-state index in [0.29, 0.717) is 34.6 Å². The van der Waals surface area contributed by atoms with E-state index >= 15 is 0 Å². The Morgan fingerprint density at radius 1 is 0.931 bits per heavy atom. The van der Waals surface area contributed by atoms with Crippen molar-refractivity contribution in [3.8, 4) is 28.6 Å². The minimum absolute atomic E-state index is 0.0212. The molecule has 2 aromatic carbocycles. The molecule has 3 rings (SSSR count). The van der Waals surface area contributed by atoms with Crippen LogP contribution in [-0.2, 0) is 6.54 Å². The number of nitrogens with zero attached hydrogens (tertiary/aromatic N) is 3. The minimum Gasteiger partial charge on any atom is -0.497 e. The average molecular weight is 413 g/mol. The van der Waals surface area contributed by atoms with Gasteiger partial charge in [-0.15, -0.1) is 10.2 Å². The molecular formula is C21H23N3O4S. The Bertz CT molecular complexity index is 964. The zero-order valence-corrected chi connectivity index (χ0v) is 17.7. The van der Waals surface area contributed by atoms with E-state index in [1.165, 1.54) is 11.8 Å². The number of Topliss-reactive ketones (excluding diaryl/α,β-unsaturated/α-hetero) is 1. The molecule has 0 spiro atoms. The minimum atomic E-state index is 0.0212. The second-order valence-electron chi connectivity index (χ2n) is 6.09. The summed E-state index contributed by atoms with van der Waals surface area (Å²) in [5.74, 6) is 3.06. The van der Waals surface area contributed by atoms with Gasteiger partial charge in [-0.2, -0.15) is 0 Å². The lowest BCUT2D eigenvalue weighted by molar-refractivity contribution is 0.102. The third kappa shape index (κ3) is 4.71. The van der Waals surface area contributed by atoms with Crippen LogP contribution >= 0.6 is 11.8 Å². The number of rotatable bonds is 9. The summed E-state index contributed by atoms with van der Waals surface area (Å²) in [7, 11) is 4.81. The predicted octanol–water partition coefficient (Wildman–Crippen LogP) is 3.97. The van der Waals surface area contributed by atoms with Crippen molar-refractivity contribution < 1.29 is 19.0 Å². The molecule has 0 radical (unpaired) electrons. The normalized spacial score (nSPS) is 10.6. The maximum Gasteiger partial charge on any atom is 0.191 e. The second-order valence-corrected chi connectivity index (χ2v) is 7.03. The first-order chi connectivity index (χ1) is 14.1. The molecule has 0 aliphatic heterocycles. The Balaban J connectivity index is 1.80. The van der Waals surface area contributed by atoms with E-state index in [1.807, 2.05) is 23.6 Å². The number of hydrogen-bond acceptors (Lipinski definition) is 7. The summed E-state index contributed by atoms with van der Waals surface area (Å²) in [5, 5.41) is 9.31. The number of carbonyl (C=O) groups is 1. The summed E-state index contributed by atoms with van der Waals surface area (Å²) in [6.45, 7) is 2.68. The molecule has 0 N–H and O–H groups in total. The molecule has 1 heterocycles. The van der Waals surface area contributed by atoms with Crippen LogP contribution in [0.5, 0.6) is 17.2 Å². The SMILES string of the molecule is CCn1c(SCC(=O)c2ccc(OC)cc2)nnc1-c1cc(OC)cc(OC)c1. The third-order valence-electron chi connectivity index (χ3n) is 4.39. The van der Waals surface area contributed by atoms with Crippen LogP contribution in [0.15, 0.2) is 47.6 Å². The van der Waals surface area contributed by atoms with Gasteiger partial charge in [-0.1, -0.05) is 11.8 Å². The molecule has 152 valence electrons. The van der Waals surface area contributed by atoms with Gasteiger partial charge in [0.15, 0.2) is 16.8 Å². The lowest BCUT2D eigenvalue weighted by Crippen LogP contribution is -2.05. The zero-order chi connectivity index (χ0) is 20.8. The molecule has 8 heteroatoms. The van der Waals surface area contributed by atoms with Crippen LogP contribution in [0.25, 0.3) is 11.4 Å². The standard InChI is InChI=1S/C21H23N3O4S/c1-5-24-20(15-10-17(27-3)12-18(11-15)28-4)22-23-21(24)29-13-19(25)14-6-8-16(26-2)9-7-14/h6-12H,5,13H2,1-4H3. The number of methoxy groups -OCH3 is 3. The number of benzene rings is 2. The highest BCUT2D eigenvalue weighted by molar-refractivity contribution is 7.99. The summed E-state index contributed by atoms with van der Waals surface area (Å²) in [6.07, 6.45) is 0. The number of thioether (sulfide) groups is 1.